The van der Waals surface area contributed by atoms with Crippen LogP contribution in [-0.4, -0.2) is 34.7 Å². The van der Waals surface area contributed by atoms with Crippen LogP contribution >= 0.6 is 0 Å². The largest absolute Gasteiger partial charge is 0.416 e. The fourth-order valence-electron chi connectivity index (χ4n) is 3.47. The number of aryl methyl sites for hydroxylation is 1. The van der Waals surface area contributed by atoms with Gasteiger partial charge in [-0.3, -0.25) is 9.59 Å². The molecule has 2 amide bonds. The Labute approximate surface area is 194 Å². The predicted octanol–water partition coefficient (Wildman–Crippen LogP) is 3.66. The number of rotatable bonds is 8. The van der Waals surface area contributed by atoms with Crippen LogP contribution in [0, 0.1) is 19.7 Å². The zero-order valence-electron chi connectivity index (χ0n) is 18.7. The van der Waals surface area contributed by atoms with Crippen molar-refractivity contribution in [2.75, 3.05) is 13.1 Å². The molecule has 0 saturated carbocycles. The molecule has 34 heavy (non-hydrogen) atoms. The van der Waals surface area contributed by atoms with Crippen LogP contribution in [0.3, 0.4) is 0 Å². The summed E-state index contributed by atoms with van der Waals surface area (Å²) in [6.45, 7) is 3.80. The molecule has 2 N–H and O–H groups in total. The Morgan fingerprint density at radius 3 is 2.18 bits per heavy atom. The van der Waals surface area contributed by atoms with E-state index in [9.17, 15) is 27.2 Å². The molecule has 0 bridgehead atoms. The van der Waals surface area contributed by atoms with Gasteiger partial charge in [0.05, 0.1) is 29.8 Å². The third-order valence-corrected chi connectivity index (χ3v) is 5.24. The van der Waals surface area contributed by atoms with E-state index < -0.39 is 11.7 Å². The monoisotopic (exact) mass is 476 g/mol. The Morgan fingerprint density at radius 1 is 0.941 bits per heavy atom. The molecule has 0 aliphatic carbocycles. The zero-order valence-corrected chi connectivity index (χ0v) is 18.7. The van der Waals surface area contributed by atoms with E-state index in [2.05, 4.69) is 15.7 Å². The minimum absolute atomic E-state index is 0.000153. The highest BCUT2D eigenvalue weighted by Crippen LogP contribution is 2.30. The molecule has 0 atom stereocenters. The minimum atomic E-state index is -4.47. The van der Waals surface area contributed by atoms with Gasteiger partial charge >= 0.3 is 6.18 Å². The average molecular weight is 476 g/mol. The molecule has 0 spiro atoms. The molecule has 0 radical (unpaired) electrons. The molecule has 0 unspecified atom stereocenters. The van der Waals surface area contributed by atoms with Gasteiger partial charge in [-0.25, -0.2) is 9.07 Å². The second-order valence-electron chi connectivity index (χ2n) is 7.79. The van der Waals surface area contributed by atoms with Crippen molar-refractivity contribution in [1.29, 1.82) is 0 Å². The van der Waals surface area contributed by atoms with Crippen molar-refractivity contribution in [2.45, 2.75) is 32.9 Å². The third-order valence-electron chi connectivity index (χ3n) is 5.24. The standard InChI is InChI=1S/C24H24F4N4O2/c1-15-21(16(2)32(31-15)20-5-3-4-18(13-20)24(26,27)28)14-23(34)30-11-10-29-22(33)12-17-6-8-19(25)9-7-17/h3-9,13H,10-12,14H2,1-2H3,(H,29,33)(H,30,34). The summed E-state index contributed by atoms with van der Waals surface area (Å²) in [5.41, 5.74) is 1.88. The number of amides is 2. The van der Waals surface area contributed by atoms with Crippen LogP contribution in [0.5, 0.6) is 0 Å². The molecule has 3 aromatic rings. The number of benzene rings is 2. The number of carbonyl (C=O) groups excluding carboxylic acids is 2. The van der Waals surface area contributed by atoms with E-state index in [1.165, 1.54) is 41.1 Å². The van der Waals surface area contributed by atoms with Gasteiger partial charge in [-0.1, -0.05) is 18.2 Å². The molecule has 0 saturated heterocycles. The number of alkyl halides is 3. The molecule has 0 aliphatic heterocycles. The highest BCUT2D eigenvalue weighted by molar-refractivity contribution is 5.80. The molecular formula is C24H24F4N4O2. The molecule has 6 nitrogen and oxygen atoms in total. The van der Waals surface area contributed by atoms with Crippen LogP contribution in [0.4, 0.5) is 17.6 Å². The third kappa shape index (κ3) is 6.43. The number of hydrogen-bond donors (Lipinski definition) is 2. The highest BCUT2D eigenvalue weighted by Gasteiger charge is 2.30. The minimum Gasteiger partial charge on any atom is -0.354 e. The lowest BCUT2D eigenvalue weighted by Crippen LogP contribution is -2.36. The predicted molar refractivity (Wildman–Crippen MR) is 118 cm³/mol. The van der Waals surface area contributed by atoms with Crippen molar-refractivity contribution in [2.24, 2.45) is 0 Å². The van der Waals surface area contributed by atoms with E-state index in [-0.39, 0.29) is 49.3 Å². The molecule has 10 heteroatoms. The van der Waals surface area contributed by atoms with Gasteiger partial charge in [-0.2, -0.15) is 18.3 Å². The van der Waals surface area contributed by atoms with Crippen LogP contribution in [0.1, 0.15) is 28.1 Å². The summed E-state index contributed by atoms with van der Waals surface area (Å²) in [4.78, 5) is 24.3. The molecule has 2 aromatic carbocycles. The average Bonchev–Trinajstić information content (AvgIpc) is 3.06. The van der Waals surface area contributed by atoms with Crippen LogP contribution in [-0.2, 0) is 28.6 Å². The quantitative estimate of drug-likeness (QED) is 0.385. The second-order valence-corrected chi connectivity index (χ2v) is 7.79. The maximum atomic E-state index is 13.0. The SMILES string of the molecule is Cc1nn(-c2cccc(C(F)(F)F)c2)c(C)c1CC(=O)NCCNC(=O)Cc1ccc(F)cc1. The van der Waals surface area contributed by atoms with Gasteiger partial charge in [0, 0.05) is 24.3 Å². The van der Waals surface area contributed by atoms with Gasteiger partial charge in [0.25, 0.3) is 0 Å². The molecule has 1 aromatic heterocycles. The number of nitrogens with zero attached hydrogens (tertiary/aromatic N) is 2. The first-order chi connectivity index (χ1) is 16.0. The lowest BCUT2D eigenvalue weighted by atomic mass is 10.1. The van der Waals surface area contributed by atoms with Gasteiger partial charge < -0.3 is 10.6 Å². The van der Waals surface area contributed by atoms with Gasteiger partial charge in [-0.05, 0) is 49.7 Å². The van der Waals surface area contributed by atoms with Crippen molar-refractivity contribution in [3.63, 3.8) is 0 Å². The number of nitrogens with one attached hydrogen (secondary N) is 2. The zero-order chi connectivity index (χ0) is 24.9. The van der Waals surface area contributed by atoms with Crippen LogP contribution < -0.4 is 10.6 Å². The maximum absolute atomic E-state index is 13.0. The lowest BCUT2D eigenvalue weighted by molar-refractivity contribution is -0.137. The van der Waals surface area contributed by atoms with E-state index in [0.29, 0.717) is 22.5 Å². The topological polar surface area (TPSA) is 76.0 Å². The van der Waals surface area contributed by atoms with E-state index in [1.54, 1.807) is 13.8 Å². The number of aromatic nitrogens is 2. The summed E-state index contributed by atoms with van der Waals surface area (Å²) in [6.07, 6.45) is -4.37. The van der Waals surface area contributed by atoms with E-state index in [0.717, 1.165) is 12.1 Å². The molecule has 180 valence electrons. The number of hydrogen-bond acceptors (Lipinski definition) is 3. The van der Waals surface area contributed by atoms with Crippen LogP contribution in [0.15, 0.2) is 48.5 Å². The Bertz CT molecular complexity index is 1170. The highest BCUT2D eigenvalue weighted by atomic mass is 19.4. The Morgan fingerprint density at radius 2 is 1.56 bits per heavy atom. The number of carbonyl (C=O) groups is 2. The fourth-order valence-corrected chi connectivity index (χ4v) is 3.47. The Balaban J connectivity index is 1.53. The first kappa shape index (κ1) is 24.9. The molecule has 0 aliphatic rings. The normalized spacial score (nSPS) is 11.4. The number of halogens is 4. The first-order valence-corrected chi connectivity index (χ1v) is 10.5. The van der Waals surface area contributed by atoms with Crippen LogP contribution in [0.25, 0.3) is 5.69 Å². The van der Waals surface area contributed by atoms with Crippen molar-refractivity contribution in [1.82, 2.24) is 20.4 Å². The molecule has 3 rings (SSSR count). The van der Waals surface area contributed by atoms with Crippen molar-refractivity contribution >= 4 is 11.8 Å². The molecular weight excluding hydrogens is 452 g/mol. The second kappa shape index (κ2) is 10.5. The summed E-state index contributed by atoms with van der Waals surface area (Å²) >= 11 is 0. The van der Waals surface area contributed by atoms with Crippen LogP contribution in [0.2, 0.25) is 0 Å². The first-order valence-electron chi connectivity index (χ1n) is 10.5. The van der Waals surface area contributed by atoms with Gasteiger partial charge in [0.15, 0.2) is 0 Å². The summed E-state index contributed by atoms with van der Waals surface area (Å²) in [5.74, 6) is -0.935. The van der Waals surface area contributed by atoms with Gasteiger partial charge in [-0.15, -0.1) is 0 Å². The van der Waals surface area contributed by atoms with Crippen molar-refractivity contribution in [3.05, 3.63) is 82.4 Å². The smallest absolute Gasteiger partial charge is 0.354 e. The fraction of sp³-hybridized carbons (Fsp3) is 0.292. The Hall–Kier alpha value is -3.69. The van der Waals surface area contributed by atoms with E-state index in [1.807, 2.05) is 0 Å². The van der Waals surface area contributed by atoms with Gasteiger partial charge in [0.2, 0.25) is 11.8 Å². The Kier molecular flexibility index (Phi) is 7.70. The van der Waals surface area contributed by atoms with E-state index in [4.69, 9.17) is 0 Å². The summed E-state index contributed by atoms with van der Waals surface area (Å²) in [6, 6.07) is 10.4. The van der Waals surface area contributed by atoms with Crippen molar-refractivity contribution in [3.8, 4) is 5.69 Å². The summed E-state index contributed by atoms with van der Waals surface area (Å²) < 4.78 is 53.4. The summed E-state index contributed by atoms with van der Waals surface area (Å²) in [5, 5.41) is 9.69. The maximum Gasteiger partial charge on any atom is 0.416 e. The summed E-state index contributed by atoms with van der Waals surface area (Å²) in [7, 11) is 0. The van der Waals surface area contributed by atoms with E-state index >= 15 is 0 Å². The lowest BCUT2D eigenvalue weighted by Gasteiger charge is -2.10. The van der Waals surface area contributed by atoms with Gasteiger partial charge in [0.1, 0.15) is 5.82 Å². The molecule has 0 fully saturated rings. The molecule has 1 heterocycles. The van der Waals surface area contributed by atoms with Crippen molar-refractivity contribution < 1.29 is 27.2 Å².